The van der Waals surface area contributed by atoms with Gasteiger partial charge >= 0.3 is 0 Å². The van der Waals surface area contributed by atoms with E-state index in [1.807, 2.05) is 46.8 Å². The van der Waals surface area contributed by atoms with Crippen molar-refractivity contribution in [2.24, 2.45) is 0 Å². The van der Waals surface area contributed by atoms with E-state index in [4.69, 9.17) is 4.74 Å². The first-order valence-electron chi connectivity index (χ1n) is 8.74. The Labute approximate surface area is 155 Å². The molecule has 6 nitrogen and oxygen atoms in total. The van der Waals surface area contributed by atoms with Crippen molar-refractivity contribution < 1.29 is 13.2 Å². The molecule has 0 radical (unpaired) electrons. The maximum atomic E-state index is 13.3. The average molecular weight is 375 g/mol. The fraction of sp³-hybridized carbons (Fsp3) is 0.474. The lowest BCUT2D eigenvalue weighted by Gasteiger charge is -2.21. The van der Waals surface area contributed by atoms with Gasteiger partial charge < -0.3 is 4.74 Å². The quantitative estimate of drug-likeness (QED) is 0.822. The number of hydrogen-bond acceptors (Lipinski definition) is 5. The first-order valence-corrected chi connectivity index (χ1v) is 10.2. The smallest absolute Gasteiger partial charge is 0.243 e. The molecule has 1 saturated heterocycles. The lowest BCUT2D eigenvalue weighted by atomic mass is 10.0. The van der Waals surface area contributed by atoms with Gasteiger partial charge in [-0.05, 0) is 69.4 Å². The number of hydrogen-bond donors (Lipinski definition) is 0. The normalized spacial score (nSPS) is 18.3. The highest BCUT2D eigenvalue weighted by Crippen LogP contribution is 2.31. The second kappa shape index (κ2) is 6.96. The van der Waals surface area contributed by atoms with Crippen molar-refractivity contribution in [3.05, 3.63) is 46.1 Å². The van der Waals surface area contributed by atoms with Crippen molar-refractivity contribution in [3.63, 3.8) is 0 Å². The molecule has 1 aliphatic rings. The molecule has 0 saturated carbocycles. The van der Waals surface area contributed by atoms with E-state index in [1.165, 1.54) is 4.31 Å². The predicted octanol–water partition coefficient (Wildman–Crippen LogP) is 2.86. The molecule has 26 heavy (non-hydrogen) atoms. The Morgan fingerprint density at radius 3 is 2.27 bits per heavy atom. The van der Waals surface area contributed by atoms with Gasteiger partial charge in [-0.3, -0.25) is 0 Å². The Hall–Kier alpha value is -1.99. The van der Waals surface area contributed by atoms with Gasteiger partial charge in [0.2, 0.25) is 15.9 Å². The summed E-state index contributed by atoms with van der Waals surface area (Å²) < 4.78 is 33.9. The fourth-order valence-corrected chi connectivity index (χ4v) is 5.39. The van der Waals surface area contributed by atoms with E-state index in [0.717, 1.165) is 27.9 Å². The van der Waals surface area contributed by atoms with Crippen molar-refractivity contribution >= 4 is 10.0 Å². The molecule has 1 aromatic heterocycles. The molecule has 0 bridgehead atoms. The number of aryl methyl sites for hydroxylation is 3. The fourth-order valence-electron chi connectivity index (χ4n) is 3.33. The minimum atomic E-state index is -3.56. The third-order valence-corrected chi connectivity index (χ3v) is 7.20. The Balaban J connectivity index is 1.83. The first kappa shape index (κ1) is 18.8. The number of aromatic nitrogens is 2. The van der Waals surface area contributed by atoms with E-state index >= 15 is 0 Å². The first-order chi connectivity index (χ1) is 12.2. The Morgan fingerprint density at radius 1 is 1.04 bits per heavy atom. The Bertz CT molecular complexity index is 898. The van der Waals surface area contributed by atoms with Gasteiger partial charge in [0.15, 0.2) is 0 Å². The Morgan fingerprint density at radius 2 is 1.69 bits per heavy atom. The van der Waals surface area contributed by atoms with Crippen LogP contribution in [0.3, 0.4) is 0 Å². The maximum absolute atomic E-state index is 13.3. The molecule has 140 valence electrons. The summed E-state index contributed by atoms with van der Waals surface area (Å²) in [5, 5.41) is 7.97. The van der Waals surface area contributed by atoms with Gasteiger partial charge in [-0.25, -0.2) is 8.42 Å². The Kier molecular flexibility index (Phi) is 5.03. The zero-order valence-corrected chi connectivity index (χ0v) is 16.7. The molecule has 1 fully saturated rings. The van der Waals surface area contributed by atoms with Gasteiger partial charge in [-0.2, -0.15) is 9.40 Å². The highest BCUT2D eigenvalue weighted by Gasteiger charge is 2.36. The van der Waals surface area contributed by atoms with Gasteiger partial charge in [-0.15, -0.1) is 5.10 Å². The lowest BCUT2D eigenvalue weighted by molar-refractivity contribution is 0.204. The summed E-state index contributed by atoms with van der Waals surface area (Å²) in [6.07, 6.45) is 0.422. The number of ether oxygens (including phenoxy) is 1. The van der Waals surface area contributed by atoms with Crippen LogP contribution in [0.1, 0.15) is 34.4 Å². The highest BCUT2D eigenvalue weighted by atomic mass is 32.2. The van der Waals surface area contributed by atoms with Crippen LogP contribution in [0.5, 0.6) is 5.88 Å². The van der Waals surface area contributed by atoms with Gasteiger partial charge in [-0.1, -0.05) is 6.07 Å². The largest absolute Gasteiger partial charge is 0.472 e. The van der Waals surface area contributed by atoms with Crippen molar-refractivity contribution in [1.82, 2.24) is 14.5 Å². The minimum absolute atomic E-state index is 0.215. The van der Waals surface area contributed by atoms with Crippen LogP contribution in [0.25, 0.3) is 0 Å². The van der Waals surface area contributed by atoms with Gasteiger partial charge in [0.1, 0.15) is 6.10 Å². The molecule has 1 aromatic carbocycles. The molecule has 0 N–H and O–H groups in total. The zero-order chi connectivity index (χ0) is 19.1. The molecule has 3 rings (SSSR count). The zero-order valence-electron chi connectivity index (χ0n) is 15.9. The topological polar surface area (TPSA) is 72.4 Å². The summed E-state index contributed by atoms with van der Waals surface area (Å²) in [5.74, 6) is 0.429. The standard InChI is InChI=1S/C19H25N3O3S/c1-12-10-13(2)16(5)19(15(12)4)26(23,24)22-9-8-17(11-22)25-18-7-6-14(3)20-21-18/h6-7,10,17H,8-9,11H2,1-5H3. The van der Waals surface area contributed by atoms with E-state index in [0.29, 0.717) is 30.3 Å². The summed E-state index contributed by atoms with van der Waals surface area (Å²) in [5.41, 5.74) is 4.44. The van der Waals surface area contributed by atoms with Crippen LogP contribution in [0, 0.1) is 34.6 Å². The lowest BCUT2D eigenvalue weighted by Crippen LogP contribution is -2.32. The van der Waals surface area contributed by atoms with E-state index < -0.39 is 10.0 Å². The molecule has 2 heterocycles. The molecular formula is C19H25N3O3S. The van der Waals surface area contributed by atoms with Crippen LogP contribution < -0.4 is 4.74 Å². The average Bonchev–Trinajstić information content (AvgIpc) is 3.05. The second-order valence-corrected chi connectivity index (χ2v) is 8.87. The molecule has 1 unspecified atom stereocenters. The summed E-state index contributed by atoms with van der Waals surface area (Å²) >= 11 is 0. The molecular weight excluding hydrogens is 350 g/mol. The van der Waals surface area contributed by atoms with Crippen molar-refractivity contribution in [3.8, 4) is 5.88 Å². The monoisotopic (exact) mass is 375 g/mol. The molecule has 0 spiro atoms. The molecule has 0 amide bonds. The van der Waals surface area contributed by atoms with Crippen molar-refractivity contribution in [2.75, 3.05) is 13.1 Å². The third kappa shape index (κ3) is 3.46. The molecule has 0 aliphatic carbocycles. The molecule has 1 atom stereocenters. The van der Waals surface area contributed by atoms with Gasteiger partial charge in [0.05, 0.1) is 17.1 Å². The highest BCUT2D eigenvalue weighted by molar-refractivity contribution is 7.89. The SMILES string of the molecule is Cc1ccc(OC2CCN(S(=O)(=O)c3c(C)c(C)cc(C)c3C)C2)nn1. The van der Waals surface area contributed by atoms with E-state index in [2.05, 4.69) is 10.2 Å². The summed E-state index contributed by atoms with van der Waals surface area (Å²) in [4.78, 5) is 0.436. The van der Waals surface area contributed by atoms with Crippen LogP contribution in [-0.2, 0) is 10.0 Å². The summed E-state index contributed by atoms with van der Waals surface area (Å²) in [6, 6.07) is 5.63. The van der Waals surface area contributed by atoms with Crippen LogP contribution in [0.15, 0.2) is 23.1 Å². The summed E-state index contributed by atoms with van der Waals surface area (Å²) in [6.45, 7) is 10.3. The molecule has 1 aliphatic heterocycles. The minimum Gasteiger partial charge on any atom is -0.472 e. The molecule has 2 aromatic rings. The van der Waals surface area contributed by atoms with Crippen LogP contribution in [-0.4, -0.2) is 42.1 Å². The van der Waals surface area contributed by atoms with E-state index in [9.17, 15) is 8.42 Å². The predicted molar refractivity (Wildman–Crippen MR) is 100.0 cm³/mol. The van der Waals surface area contributed by atoms with Crippen LogP contribution in [0.4, 0.5) is 0 Å². The molecule has 7 heteroatoms. The van der Waals surface area contributed by atoms with Crippen LogP contribution >= 0.6 is 0 Å². The van der Waals surface area contributed by atoms with Crippen molar-refractivity contribution in [1.29, 1.82) is 0 Å². The van der Waals surface area contributed by atoms with Gasteiger partial charge in [0, 0.05) is 12.6 Å². The summed E-state index contributed by atoms with van der Waals surface area (Å²) in [7, 11) is -3.56. The number of nitrogens with zero attached hydrogens (tertiary/aromatic N) is 3. The van der Waals surface area contributed by atoms with E-state index in [1.54, 1.807) is 6.07 Å². The second-order valence-electron chi connectivity index (χ2n) is 6.99. The number of sulfonamides is 1. The van der Waals surface area contributed by atoms with Crippen molar-refractivity contribution in [2.45, 2.75) is 52.0 Å². The van der Waals surface area contributed by atoms with Crippen LogP contribution in [0.2, 0.25) is 0 Å². The number of benzene rings is 1. The third-order valence-electron chi connectivity index (χ3n) is 5.06. The number of rotatable bonds is 4. The van der Waals surface area contributed by atoms with Gasteiger partial charge in [0.25, 0.3) is 0 Å². The van der Waals surface area contributed by atoms with E-state index in [-0.39, 0.29) is 6.10 Å². The maximum Gasteiger partial charge on any atom is 0.243 e.